The van der Waals surface area contributed by atoms with Gasteiger partial charge in [-0.25, -0.2) is 0 Å². The Kier molecular flexibility index (Phi) is 6.57. The molecule has 2 N–H and O–H groups in total. The Morgan fingerprint density at radius 3 is 2.45 bits per heavy atom. The average molecular weight is 159 g/mol. The minimum atomic E-state index is 0.278. The molecule has 0 bridgehead atoms. The van der Waals surface area contributed by atoms with Gasteiger partial charge in [0.2, 0.25) is 0 Å². The molecule has 0 aliphatic heterocycles. The van der Waals surface area contributed by atoms with Crippen molar-refractivity contribution < 1.29 is 5.11 Å². The summed E-state index contributed by atoms with van der Waals surface area (Å²) in [6.45, 7) is 7.71. The molecule has 0 aliphatic carbocycles. The second-order valence-electron chi connectivity index (χ2n) is 3.26. The lowest BCUT2D eigenvalue weighted by Crippen LogP contribution is -2.34. The molecule has 2 unspecified atom stereocenters. The number of hydrogen-bond acceptors (Lipinski definition) is 2. The SMILES string of the molecule is CCCCNC(C)C(C)CO. The molecule has 2 nitrogen and oxygen atoms in total. The van der Waals surface area contributed by atoms with Gasteiger partial charge < -0.3 is 10.4 Å². The maximum atomic E-state index is 8.82. The quantitative estimate of drug-likeness (QED) is 0.574. The summed E-state index contributed by atoms with van der Waals surface area (Å²) in [6.07, 6.45) is 2.45. The average Bonchev–Trinajstić information content (AvgIpc) is 2.03. The predicted molar refractivity (Wildman–Crippen MR) is 48.6 cm³/mol. The van der Waals surface area contributed by atoms with Gasteiger partial charge in [0, 0.05) is 12.6 Å². The monoisotopic (exact) mass is 159 g/mol. The van der Waals surface area contributed by atoms with Gasteiger partial charge in [-0.3, -0.25) is 0 Å². The van der Waals surface area contributed by atoms with Crippen molar-refractivity contribution in [2.45, 2.75) is 39.7 Å². The summed E-state index contributed by atoms with van der Waals surface area (Å²) >= 11 is 0. The van der Waals surface area contributed by atoms with Crippen LogP contribution in [-0.2, 0) is 0 Å². The highest BCUT2D eigenvalue weighted by Crippen LogP contribution is 2.00. The van der Waals surface area contributed by atoms with Crippen molar-refractivity contribution in [3.05, 3.63) is 0 Å². The molecule has 0 heterocycles. The van der Waals surface area contributed by atoms with Crippen LogP contribution >= 0.6 is 0 Å². The molecule has 11 heavy (non-hydrogen) atoms. The number of aliphatic hydroxyl groups excluding tert-OH is 1. The molecule has 0 aliphatic rings. The standard InChI is InChI=1S/C9H21NO/c1-4-5-6-10-9(3)8(2)7-11/h8-11H,4-7H2,1-3H3. The second-order valence-corrected chi connectivity index (χ2v) is 3.26. The number of aliphatic hydroxyl groups is 1. The van der Waals surface area contributed by atoms with Crippen LogP contribution in [0.2, 0.25) is 0 Å². The fraction of sp³-hybridized carbons (Fsp3) is 1.00. The number of hydrogen-bond donors (Lipinski definition) is 2. The largest absolute Gasteiger partial charge is 0.396 e. The van der Waals surface area contributed by atoms with Crippen LogP contribution < -0.4 is 5.32 Å². The summed E-state index contributed by atoms with van der Waals surface area (Å²) in [5.74, 6) is 0.367. The van der Waals surface area contributed by atoms with Crippen LogP contribution in [0, 0.1) is 5.92 Å². The van der Waals surface area contributed by atoms with E-state index in [-0.39, 0.29) is 6.61 Å². The van der Waals surface area contributed by atoms with Crippen molar-refractivity contribution in [1.82, 2.24) is 5.32 Å². The molecule has 2 heteroatoms. The van der Waals surface area contributed by atoms with Crippen molar-refractivity contribution in [2.24, 2.45) is 5.92 Å². The predicted octanol–water partition coefficient (Wildman–Crippen LogP) is 1.39. The Balaban J connectivity index is 3.28. The Bertz CT molecular complexity index is 85.6. The minimum Gasteiger partial charge on any atom is -0.396 e. The van der Waals surface area contributed by atoms with Crippen LogP contribution in [0.25, 0.3) is 0 Å². The summed E-state index contributed by atoms with van der Waals surface area (Å²) in [4.78, 5) is 0. The first-order valence-electron chi connectivity index (χ1n) is 4.56. The van der Waals surface area contributed by atoms with Crippen LogP contribution in [0.15, 0.2) is 0 Å². The van der Waals surface area contributed by atoms with E-state index < -0.39 is 0 Å². The van der Waals surface area contributed by atoms with Crippen LogP contribution in [-0.4, -0.2) is 24.3 Å². The molecule has 0 spiro atoms. The lowest BCUT2D eigenvalue weighted by Gasteiger charge is -2.18. The highest BCUT2D eigenvalue weighted by Gasteiger charge is 2.08. The lowest BCUT2D eigenvalue weighted by atomic mass is 10.1. The van der Waals surface area contributed by atoms with Crippen LogP contribution in [0.5, 0.6) is 0 Å². The van der Waals surface area contributed by atoms with Gasteiger partial charge in [-0.2, -0.15) is 0 Å². The Hall–Kier alpha value is -0.0800. The smallest absolute Gasteiger partial charge is 0.0471 e. The third-order valence-corrected chi connectivity index (χ3v) is 2.14. The molecular weight excluding hydrogens is 138 g/mol. The summed E-state index contributed by atoms with van der Waals surface area (Å²) in [7, 11) is 0. The molecule has 0 aromatic carbocycles. The zero-order valence-corrected chi connectivity index (χ0v) is 7.93. The van der Waals surface area contributed by atoms with Crippen molar-refractivity contribution in [3.8, 4) is 0 Å². The fourth-order valence-corrected chi connectivity index (χ4v) is 0.866. The summed E-state index contributed by atoms with van der Waals surface area (Å²) in [5, 5.41) is 12.2. The first kappa shape index (κ1) is 10.9. The zero-order chi connectivity index (χ0) is 8.69. The van der Waals surface area contributed by atoms with Gasteiger partial charge in [0.15, 0.2) is 0 Å². The number of nitrogens with one attached hydrogen (secondary N) is 1. The molecule has 0 aromatic heterocycles. The second kappa shape index (κ2) is 6.62. The Morgan fingerprint density at radius 2 is 2.00 bits per heavy atom. The van der Waals surface area contributed by atoms with E-state index in [0.29, 0.717) is 12.0 Å². The molecule has 2 atom stereocenters. The van der Waals surface area contributed by atoms with E-state index in [1.807, 2.05) is 0 Å². The molecule has 0 aromatic rings. The topological polar surface area (TPSA) is 32.3 Å². The van der Waals surface area contributed by atoms with E-state index in [9.17, 15) is 0 Å². The Labute approximate surface area is 70.0 Å². The summed E-state index contributed by atoms with van der Waals surface area (Å²) < 4.78 is 0. The van der Waals surface area contributed by atoms with Crippen molar-refractivity contribution in [3.63, 3.8) is 0 Å². The van der Waals surface area contributed by atoms with E-state index in [1.54, 1.807) is 0 Å². The van der Waals surface area contributed by atoms with Crippen LogP contribution in [0.3, 0.4) is 0 Å². The van der Waals surface area contributed by atoms with Crippen molar-refractivity contribution in [1.29, 1.82) is 0 Å². The molecular formula is C9H21NO. The Morgan fingerprint density at radius 1 is 1.36 bits per heavy atom. The normalized spacial score (nSPS) is 16.4. The maximum absolute atomic E-state index is 8.82. The highest BCUT2D eigenvalue weighted by atomic mass is 16.3. The molecule has 0 amide bonds. The number of unbranched alkanes of at least 4 members (excludes halogenated alkanes) is 1. The summed E-state index contributed by atoms with van der Waals surface area (Å²) in [6, 6.07) is 0.437. The third-order valence-electron chi connectivity index (χ3n) is 2.14. The molecule has 0 fully saturated rings. The van der Waals surface area contributed by atoms with Gasteiger partial charge in [-0.15, -0.1) is 0 Å². The third kappa shape index (κ3) is 5.22. The molecule has 0 saturated heterocycles. The van der Waals surface area contributed by atoms with Crippen molar-refractivity contribution >= 4 is 0 Å². The van der Waals surface area contributed by atoms with Gasteiger partial charge in [-0.05, 0) is 25.8 Å². The first-order chi connectivity index (χ1) is 5.22. The van der Waals surface area contributed by atoms with Crippen LogP contribution in [0.1, 0.15) is 33.6 Å². The molecule has 0 rings (SSSR count). The highest BCUT2D eigenvalue weighted by molar-refractivity contribution is 4.66. The van der Waals surface area contributed by atoms with E-state index in [2.05, 4.69) is 26.1 Å². The van der Waals surface area contributed by atoms with E-state index >= 15 is 0 Å². The van der Waals surface area contributed by atoms with Crippen molar-refractivity contribution in [2.75, 3.05) is 13.2 Å². The maximum Gasteiger partial charge on any atom is 0.0471 e. The van der Waals surface area contributed by atoms with E-state index in [4.69, 9.17) is 5.11 Å². The lowest BCUT2D eigenvalue weighted by molar-refractivity contribution is 0.207. The molecule has 0 saturated carbocycles. The van der Waals surface area contributed by atoms with Crippen LogP contribution in [0.4, 0.5) is 0 Å². The fourth-order valence-electron chi connectivity index (χ4n) is 0.866. The molecule has 68 valence electrons. The first-order valence-corrected chi connectivity index (χ1v) is 4.56. The zero-order valence-electron chi connectivity index (χ0n) is 7.93. The van der Waals surface area contributed by atoms with Gasteiger partial charge in [0.1, 0.15) is 0 Å². The van der Waals surface area contributed by atoms with Gasteiger partial charge in [0.25, 0.3) is 0 Å². The summed E-state index contributed by atoms with van der Waals surface area (Å²) in [5.41, 5.74) is 0. The van der Waals surface area contributed by atoms with E-state index in [1.165, 1.54) is 12.8 Å². The molecule has 0 radical (unpaired) electrons. The van der Waals surface area contributed by atoms with Gasteiger partial charge in [0.05, 0.1) is 0 Å². The van der Waals surface area contributed by atoms with Gasteiger partial charge in [-0.1, -0.05) is 20.3 Å². The minimum absolute atomic E-state index is 0.278. The van der Waals surface area contributed by atoms with E-state index in [0.717, 1.165) is 6.54 Å². The number of rotatable bonds is 6. The van der Waals surface area contributed by atoms with Gasteiger partial charge >= 0.3 is 0 Å².